The number of aromatic nitrogens is 1. The summed E-state index contributed by atoms with van der Waals surface area (Å²) in [5.74, 6) is -2.62. The van der Waals surface area contributed by atoms with Crippen LogP contribution in [0, 0.1) is 6.92 Å². The Labute approximate surface area is 102 Å². The second-order valence-corrected chi connectivity index (χ2v) is 4.04. The highest BCUT2D eigenvalue weighted by Gasteiger charge is 2.42. The summed E-state index contributed by atoms with van der Waals surface area (Å²) in [5.41, 5.74) is 6.36. The number of carboxylic acid groups (broad SMARTS) is 1. The van der Waals surface area contributed by atoms with Crippen molar-refractivity contribution in [1.29, 1.82) is 0 Å². The number of aryl methyl sites for hydroxylation is 1. The summed E-state index contributed by atoms with van der Waals surface area (Å²) in [5, 5.41) is 8.89. The van der Waals surface area contributed by atoms with E-state index in [-0.39, 0.29) is 16.8 Å². The summed E-state index contributed by atoms with van der Waals surface area (Å²) in [7, 11) is 0. The maximum Gasteiger partial charge on any atom is 0.326 e. The van der Waals surface area contributed by atoms with Crippen molar-refractivity contribution in [3.05, 3.63) is 23.0 Å². The highest BCUT2D eigenvalue weighted by molar-refractivity contribution is 6.24. The lowest BCUT2D eigenvalue weighted by Gasteiger charge is -2.18. The number of nitrogens with zero attached hydrogens (tertiary/aromatic N) is 2. The Morgan fingerprint density at radius 2 is 2.06 bits per heavy atom. The number of pyridine rings is 1. The summed E-state index contributed by atoms with van der Waals surface area (Å²) in [4.78, 5) is 39.5. The van der Waals surface area contributed by atoms with Crippen molar-refractivity contribution in [2.75, 3.05) is 5.73 Å². The Kier molecular flexibility index (Phi) is 2.54. The van der Waals surface area contributed by atoms with Crippen LogP contribution in [0.4, 0.5) is 5.69 Å². The largest absolute Gasteiger partial charge is 0.480 e. The van der Waals surface area contributed by atoms with E-state index in [0.717, 1.165) is 0 Å². The molecule has 1 aliphatic rings. The molecule has 2 rings (SSSR count). The summed E-state index contributed by atoms with van der Waals surface area (Å²) >= 11 is 0. The average molecular weight is 249 g/mol. The van der Waals surface area contributed by atoms with Crippen LogP contribution in [0.25, 0.3) is 0 Å². The van der Waals surface area contributed by atoms with Crippen LogP contribution in [0.1, 0.15) is 33.3 Å². The number of imide groups is 1. The topological polar surface area (TPSA) is 114 Å². The number of rotatable bonds is 2. The van der Waals surface area contributed by atoms with Gasteiger partial charge in [-0.3, -0.25) is 19.5 Å². The van der Waals surface area contributed by atoms with Gasteiger partial charge in [-0.1, -0.05) is 0 Å². The number of carbonyl (C=O) groups excluding carboxylic acids is 2. The first-order valence-electron chi connectivity index (χ1n) is 5.22. The first kappa shape index (κ1) is 12.0. The Balaban J connectivity index is 2.57. The number of carboxylic acids is 1. The molecule has 7 heteroatoms. The average Bonchev–Trinajstić information content (AvgIpc) is 2.55. The molecular formula is C11H11N3O4. The van der Waals surface area contributed by atoms with Gasteiger partial charge >= 0.3 is 5.97 Å². The van der Waals surface area contributed by atoms with Gasteiger partial charge in [-0.15, -0.1) is 0 Å². The van der Waals surface area contributed by atoms with Gasteiger partial charge in [0.1, 0.15) is 6.04 Å². The molecule has 1 unspecified atom stereocenters. The Morgan fingerprint density at radius 1 is 1.44 bits per heavy atom. The van der Waals surface area contributed by atoms with E-state index in [0.29, 0.717) is 10.6 Å². The highest BCUT2D eigenvalue weighted by Crippen LogP contribution is 2.29. The van der Waals surface area contributed by atoms with E-state index in [1.165, 1.54) is 13.1 Å². The van der Waals surface area contributed by atoms with E-state index in [4.69, 9.17) is 10.8 Å². The Hall–Kier alpha value is -2.44. The summed E-state index contributed by atoms with van der Waals surface area (Å²) in [6, 6.07) is -1.24. The first-order chi connectivity index (χ1) is 8.36. The van der Waals surface area contributed by atoms with Gasteiger partial charge in [-0.2, -0.15) is 0 Å². The molecule has 1 aromatic rings. The lowest BCUT2D eigenvalue weighted by Crippen LogP contribution is -2.42. The fourth-order valence-corrected chi connectivity index (χ4v) is 1.82. The van der Waals surface area contributed by atoms with Gasteiger partial charge in [0, 0.05) is 6.20 Å². The quantitative estimate of drug-likeness (QED) is 0.715. The van der Waals surface area contributed by atoms with Gasteiger partial charge in [0.2, 0.25) is 0 Å². The number of fused-ring (bicyclic) bond motifs is 1. The monoisotopic (exact) mass is 249 g/mol. The van der Waals surface area contributed by atoms with Crippen LogP contribution in [0.3, 0.4) is 0 Å². The molecule has 0 spiro atoms. The van der Waals surface area contributed by atoms with Crippen LogP contribution in [0.5, 0.6) is 0 Å². The van der Waals surface area contributed by atoms with Crippen LogP contribution in [0.15, 0.2) is 6.20 Å². The van der Waals surface area contributed by atoms with E-state index < -0.39 is 23.8 Å². The minimum absolute atomic E-state index is 0.0422. The summed E-state index contributed by atoms with van der Waals surface area (Å²) < 4.78 is 0. The van der Waals surface area contributed by atoms with Gasteiger partial charge in [0.15, 0.2) is 0 Å². The number of hydrogen-bond donors (Lipinski definition) is 2. The van der Waals surface area contributed by atoms with E-state index in [9.17, 15) is 14.4 Å². The molecule has 0 bridgehead atoms. The lowest BCUT2D eigenvalue weighted by atomic mass is 10.1. The number of aliphatic carboxylic acids is 1. The molecule has 3 N–H and O–H groups in total. The van der Waals surface area contributed by atoms with Gasteiger partial charge in [0.05, 0.1) is 22.5 Å². The van der Waals surface area contributed by atoms with Crippen molar-refractivity contribution in [2.45, 2.75) is 19.9 Å². The fraction of sp³-hybridized carbons (Fsp3) is 0.273. The third-order valence-electron chi connectivity index (χ3n) is 2.94. The Morgan fingerprint density at radius 3 is 2.61 bits per heavy atom. The molecule has 1 aromatic heterocycles. The number of nitrogens with two attached hydrogens (primary N) is 1. The molecule has 7 nitrogen and oxygen atoms in total. The molecule has 2 heterocycles. The maximum absolute atomic E-state index is 12.1. The number of amides is 2. The standard InChI is InChI=1S/C11H11N3O4/c1-4-8(12)7-6(3-13-4)9(15)14(10(7)16)5(2)11(17)18/h3,5H,12H2,1-2H3,(H,17,18). The van der Waals surface area contributed by atoms with Gasteiger partial charge in [0.25, 0.3) is 11.8 Å². The Bertz CT molecular complexity index is 582. The van der Waals surface area contributed by atoms with Crippen molar-refractivity contribution in [3.8, 4) is 0 Å². The summed E-state index contributed by atoms with van der Waals surface area (Å²) in [6.07, 6.45) is 1.25. The second-order valence-electron chi connectivity index (χ2n) is 4.04. The molecule has 0 fully saturated rings. The van der Waals surface area contributed by atoms with Crippen LogP contribution in [0.2, 0.25) is 0 Å². The van der Waals surface area contributed by atoms with Crippen LogP contribution < -0.4 is 5.73 Å². The predicted octanol–water partition coefficient (Wildman–Crippen LogP) is 0.0413. The fourth-order valence-electron chi connectivity index (χ4n) is 1.82. The molecule has 0 radical (unpaired) electrons. The normalized spacial score (nSPS) is 15.8. The zero-order chi connectivity index (χ0) is 13.6. The molecule has 1 atom stereocenters. The SMILES string of the molecule is Cc1ncc2c(c1N)C(=O)N(C(C)C(=O)O)C2=O. The van der Waals surface area contributed by atoms with Crippen LogP contribution in [-0.2, 0) is 4.79 Å². The third kappa shape index (κ3) is 1.44. The predicted molar refractivity (Wildman–Crippen MR) is 61.0 cm³/mol. The maximum atomic E-state index is 12.1. The first-order valence-corrected chi connectivity index (χ1v) is 5.22. The molecule has 0 saturated carbocycles. The van der Waals surface area contributed by atoms with Crippen molar-refractivity contribution >= 4 is 23.5 Å². The van der Waals surface area contributed by atoms with Gasteiger partial charge in [-0.05, 0) is 13.8 Å². The van der Waals surface area contributed by atoms with E-state index >= 15 is 0 Å². The smallest absolute Gasteiger partial charge is 0.326 e. The zero-order valence-electron chi connectivity index (χ0n) is 9.80. The van der Waals surface area contributed by atoms with Gasteiger partial charge < -0.3 is 10.8 Å². The van der Waals surface area contributed by atoms with Crippen molar-refractivity contribution in [2.24, 2.45) is 0 Å². The van der Waals surface area contributed by atoms with Crippen molar-refractivity contribution < 1.29 is 19.5 Å². The molecule has 18 heavy (non-hydrogen) atoms. The van der Waals surface area contributed by atoms with E-state index in [1.54, 1.807) is 6.92 Å². The van der Waals surface area contributed by atoms with Crippen LogP contribution in [-0.4, -0.2) is 38.8 Å². The van der Waals surface area contributed by atoms with Crippen LogP contribution >= 0.6 is 0 Å². The molecule has 0 aliphatic carbocycles. The number of hydrogen-bond acceptors (Lipinski definition) is 5. The lowest BCUT2D eigenvalue weighted by molar-refractivity contribution is -0.140. The molecule has 0 aromatic carbocycles. The highest BCUT2D eigenvalue weighted by atomic mass is 16.4. The molecule has 94 valence electrons. The van der Waals surface area contributed by atoms with Crippen molar-refractivity contribution in [1.82, 2.24) is 9.88 Å². The second kappa shape index (κ2) is 3.80. The third-order valence-corrected chi connectivity index (χ3v) is 2.94. The number of anilines is 1. The molecule has 2 amide bonds. The minimum Gasteiger partial charge on any atom is -0.480 e. The molecule has 0 saturated heterocycles. The van der Waals surface area contributed by atoms with Gasteiger partial charge in [-0.25, -0.2) is 4.79 Å². The molecular weight excluding hydrogens is 238 g/mol. The minimum atomic E-state index is -1.26. The van der Waals surface area contributed by atoms with E-state index in [2.05, 4.69) is 4.98 Å². The zero-order valence-corrected chi connectivity index (χ0v) is 9.80. The number of carbonyl (C=O) groups is 3. The number of nitrogen functional groups attached to an aromatic ring is 1. The summed E-state index contributed by atoms with van der Waals surface area (Å²) in [6.45, 7) is 2.87. The molecule has 1 aliphatic heterocycles. The van der Waals surface area contributed by atoms with E-state index in [1.807, 2.05) is 0 Å². The van der Waals surface area contributed by atoms with Crippen molar-refractivity contribution in [3.63, 3.8) is 0 Å².